The van der Waals surface area contributed by atoms with Crippen LogP contribution >= 0.6 is 0 Å². The fourth-order valence-electron chi connectivity index (χ4n) is 3.75. The van der Waals surface area contributed by atoms with E-state index in [4.69, 9.17) is 4.74 Å². The average molecular weight is 363 g/mol. The van der Waals surface area contributed by atoms with Gasteiger partial charge in [0.25, 0.3) is 0 Å². The summed E-state index contributed by atoms with van der Waals surface area (Å²) in [6, 6.07) is 14.9. The molecule has 1 aromatic heterocycles. The Morgan fingerprint density at radius 1 is 1.22 bits per heavy atom. The first-order chi connectivity index (χ1) is 13.1. The fourth-order valence-corrected chi connectivity index (χ4v) is 3.75. The predicted molar refractivity (Wildman–Crippen MR) is 104 cm³/mol. The van der Waals surface area contributed by atoms with Crippen molar-refractivity contribution >= 4 is 28.4 Å². The van der Waals surface area contributed by atoms with Crippen LogP contribution in [0.3, 0.4) is 0 Å². The Hall–Kier alpha value is -3.28. The number of hydrogen-bond donors (Lipinski definition) is 2. The number of fused-ring (bicyclic) bond motifs is 1. The number of nitrogens with one attached hydrogen (secondary N) is 2. The first kappa shape index (κ1) is 17.1. The number of hydrogen-bond acceptors (Lipinski definition) is 3. The summed E-state index contributed by atoms with van der Waals surface area (Å²) in [5, 5.41) is 4.00. The van der Waals surface area contributed by atoms with Crippen molar-refractivity contribution < 1.29 is 14.3 Å². The first-order valence-electron chi connectivity index (χ1n) is 8.84. The lowest BCUT2D eigenvalue weighted by Gasteiger charge is -2.25. The van der Waals surface area contributed by atoms with Crippen molar-refractivity contribution in [3.8, 4) is 5.75 Å². The van der Waals surface area contributed by atoms with Gasteiger partial charge in [0.05, 0.1) is 19.1 Å². The number of benzene rings is 2. The van der Waals surface area contributed by atoms with Crippen LogP contribution in [0.5, 0.6) is 5.75 Å². The van der Waals surface area contributed by atoms with Crippen LogP contribution in [0.15, 0.2) is 54.7 Å². The molecule has 1 aliphatic rings. The molecule has 1 saturated heterocycles. The Morgan fingerprint density at radius 3 is 2.89 bits per heavy atom. The molecule has 0 radical (unpaired) electrons. The molecule has 0 unspecified atom stereocenters. The van der Waals surface area contributed by atoms with Gasteiger partial charge in [-0.25, -0.2) is 0 Å². The van der Waals surface area contributed by atoms with E-state index in [9.17, 15) is 9.59 Å². The SMILES string of the molecule is COc1cccc([C@@H]2[C@@H](C(=O)Nc3ccc4[nH]ccc4c3)CC(=O)N2C)c1. The van der Waals surface area contributed by atoms with Gasteiger partial charge >= 0.3 is 0 Å². The molecule has 0 saturated carbocycles. The number of aromatic amines is 1. The molecule has 2 N–H and O–H groups in total. The van der Waals surface area contributed by atoms with Crippen molar-refractivity contribution in [2.75, 3.05) is 19.5 Å². The number of anilines is 1. The van der Waals surface area contributed by atoms with Gasteiger partial charge in [-0.1, -0.05) is 12.1 Å². The molecule has 0 bridgehead atoms. The predicted octanol–water partition coefficient (Wildman–Crippen LogP) is 3.33. The average Bonchev–Trinajstić information content (AvgIpc) is 3.26. The van der Waals surface area contributed by atoms with Crippen LogP contribution in [0.1, 0.15) is 18.0 Å². The van der Waals surface area contributed by atoms with Crippen LogP contribution in [-0.4, -0.2) is 35.9 Å². The maximum atomic E-state index is 13.0. The number of nitrogens with zero attached hydrogens (tertiary/aromatic N) is 1. The lowest BCUT2D eigenvalue weighted by atomic mass is 9.92. The molecule has 2 heterocycles. The van der Waals surface area contributed by atoms with Gasteiger partial charge < -0.3 is 19.9 Å². The van der Waals surface area contributed by atoms with Crippen LogP contribution in [0.2, 0.25) is 0 Å². The third kappa shape index (κ3) is 3.14. The van der Waals surface area contributed by atoms with E-state index in [2.05, 4.69) is 10.3 Å². The van der Waals surface area contributed by atoms with E-state index >= 15 is 0 Å². The molecule has 6 heteroatoms. The zero-order valence-electron chi connectivity index (χ0n) is 15.2. The third-order valence-electron chi connectivity index (χ3n) is 5.18. The molecule has 6 nitrogen and oxygen atoms in total. The van der Waals surface area contributed by atoms with Gasteiger partial charge in [0.15, 0.2) is 0 Å². The number of ether oxygens (including phenoxy) is 1. The van der Waals surface area contributed by atoms with Crippen LogP contribution < -0.4 is 10.1 Å². The molecular weight excluding hydrogens is 342 g/mol. The van der Waals surface area contributed by atoms with Crippen LogP contribution in [0, 0.1) is 5.92 Å². The van der Waals surface area contributed by atoms with Crippen molar-refractivity contribution in [1.29, 1.82) is 0 Å². The molecule has 0 spiro atoms. The minimum absolute atomic E-state index is 0.0379. The summed E-state index contributed by atoms with van der Waals surface area (Å²) in [5.41, 5.74) is 2.63. The molecule has 0 aliphatic carbocycles. The number of H-pyrrole nitrogens is 1. The maximum Gasteiger partial charge on any atom is 0.230 e. The van der Waals surface area contributed by atoms with Crippen molar-refractivity contribution in [1.82, 2.24) is 9.88 Å². The molecule has 1 aliphatic heterocycles. The van der Waals surface area contributed by atoms with E-state index < -0.39 is 5.92 Å². The summed E-state index contributed by atoms with van der Waals surface area (Å²) in [4.78, 5) is 30.1. The number of amides is 2. The fraction of sp³-hybridized carbons (Fsp3) is 0.238. The summed E-state index contributed by atoms with van der Waals surface area (Å²) in [5.74, 6) is 0.0494. The second kappa shape index (κ2) is 6.79. The van der Waals surface area contributed by atoms with E-state index in [1.54, 1.807) is 19.1 Å². The van der Waals surface area contributed by atoms with Crippen LogP contribution in [0.25, 0.3) is 10.9 Å². The van der Waals surface area contributed by atoms with Gasteiger partial charge in [0.1, 0.15) is 5.75 Å². The number of aromatic nitrogens is 1. The minimum Gasteiger partial charge on any atom is -0.497 e. The van der Waals surface area contributed by atoms with Crippen molar-refractivity contribution in [2.45, 2.75) is 12.5 Å². The van der Waals surface area contributed by atoms with Crippen molar-refractivity contribution in [3.63, 3.8) is 0 Å². The van der Waals surface area contributed by atoms with Gasteiger partial charge in [-0.05, 0) is 42.0 Å². The van der Waals surface area contributed by atoms with Gasteiger partial charge in [-0.3, -0.25) is 9.59 Å². The van der Waals surface area contributed by atoms with Crippen molar-refractivity contribution in [3.05, 3.63) is 60.3 Å². The van der Waals surface area contributed by atoms with E-state index in [1.165, 1.54) is 0 Å². The second-order valence-corrected chi connectivity index (χ2v) is 6.81. The highest BCUT2D eigenvalue weighted by molar-refractivity contribution is 5.99. The normalized spacial score (nSPS) is 19.5. The zero-order valence-corrected chi connectivity index (χ0v) is 15.2. The highest BCUT2D eigenvalue weighted by Crippen LogP contribution is 2.38. The van der Waals surface area contributed by atoms with Gasteiger partial charge in [-0.15, -0.1) is 0 Å². The zero-order chi connectivity index (χ0) is 19.0. The Balaban J connectivity index is 1.61. The van der Waals surface area contributed by atoms with E-state index in [0.717, 1.165) is 22.2 Å². The second-order valence-electron chi connectivity index (χ2n) is 6.81. The lowest BCUT2D eigenvalue weighted by Crippen LogP contribution is -2.30. The Labute approximate surface area is 157 Å². The molecule has 2 atom stereocenters. The lowest BCUT2D eigenvalue weighted by molar-refractivity contribution is -0.127. The Kier molecular flexibility index (Phi) is 4.32. The van der Waals surface area contributed by atoms with Gasteiger partial charge in [-0.2, -0.15) is 0 Å². The van der Waals surface area contributed by atoms with Crippen molar-refractivity contribution in [2.24, 2.45) is 5.92 Å². The molecule has 27 heavy (non-hydrogen) atoms. The summed E-state index contributed by atoms with van der Waals surface area (Å²) < 4.78 is 5.29. The number of carbonyl (C=O) groups excluding carboxylic acids is 2. The summed E-state index contributed by atoms with van der Waals surface area (Å²) in [6.07, 6.45) is 2.05. The molecule has 138 valence electrons. The largest absolute Gasteiger partial charge is 0.497 e. The summed E-state index contributed by atoms with van der Waals surface area (Å²) in [6.45, 7) is 0. The summed E-state index contributed by atoms with van der Waals surface area (Å²) >= 11 is 0. The van der Waals surface area contributed by atoms with Crippen LogP contribution in [0.4, 0.5) is 5.69 Å². The third-order valence-corrected chi connectivity index (χ3v) is 5.18. The van der Waals surface area contributed by atoms with Gasteiger partial charge in [0, 0.05) is 36.3 Å². The quantitative estimate of drug-likeness (QED) is 0.747. The topological polar surface area (TPSA) is 74.4 Å². The Bertz CT molecular complexity index is 1010. The Morgan fingerprint density at radius 2 is 2.07 bits per heavy atom. The number of methoxy groups -OCH3 is 1. The van der Waals surface area contributed by atoms with Gasteiger partial charge in [0.2, 0.25) is 11.8 Å². The molecule has 3 aromatic rings. The molecular formula is C21H21N3O3. The molecule has 1 fully saturated rings. The molecule has 4 rings (SSSR count). The van der Waals surface area contributed by atoms with E-state index in [-0.39, 0.29) is 24.3 Å². The monoisotopic (exact) mass is 363 g/mol. The molecule has 2 amide bonds. The van der Waals surface area contributed by atoms with Crippen LogP contribution in [-0.2, 0) is 9.59 Å². The number of carbonyl (C=O) groups is 2. The summed E-state index contributed by atoms with van der Waals surface area (Å²) in [7, 11) is 3.34. The number of likely N-dealkylation sites (tertiary alicyclic amines) is 1. The van der Waals surface area contributed by atoms with E-state index in [1.807, 2.05) is 54.7 Å². The first-order valence-corrected chi connectivity index (χ1v) is 8.84. The highest BCUT2D eigenvalue weighted by atomic mass is 16.5. The highest BCUT2D eigenvalue weighted by Gasteiger charge is 2.42. The maximum absolute atomic E-state index is 13.0. The standard InChI is InChI=1S/C21H21N3O3/c1-24-19(25)12-17(20(24)14-4-3-5-16(11-14)27-2)21(26)23-15-6-7-18-13(10-15)8-9-22-18/h3-11,17,20,22H,12H2,1-2H3,(H,23,26)/t17-,20+/m0/s1. The smallest absolute Gasteiger partial charge is 0.230 e. The number of rotatable bonds is 4. The van der Waals surface area contributed by atoms with E-state index in [0.29, 0.717) is 5.75 Å². The minimum atomic E-state index is -0.462. The molecule has 2 aromatic carbocycles.